The lowest BCUT2D eigenvalue weighted by atomic mass is 9.89. The summed E-state index contributed by atoms with van der Waals surface area (Å²) in [6.07, 6.45) is 1.31. The average molecular weight is 348 g/mol. The van der Waals surface area contributed by atoms with Crippen LogP contribution in [0.25, 0.3) is 0 Å². The zero-order chi connectivity index (χ0) is 18.8. The van der Waals surface area contributed by atoms with E-state index in [0.29, 0.717) is 18.8 Å². The molecule has 0 aromatic heterocycles. The van der Waals surface area contributed by atoms with E-state index in [9.17, 15) is 14.7 Å². The molecule has 140 valence electrons. The number of carbonyl (C=O) groups is 2. The summed E-state index contributed by atoms with van der Waals surface area (Å²) in [7, 11) is 1.58. The Morgan fingerprint density at radius 1 is 1.16 bits per heavy atom. The van der Waals surface area contributed by atoms with Crippen molar-refractivity contribution in [2.45, 2.75) is 58.1 Å². The van der Waals surface area contributed by atoms with Crippen LogP contribution in [0.15, 0.2) is 30.3 Å². The lowest BCUT2D eigenvalue weighted by Gasteiger charge is -2.20. The number of ketones is 1. The minimum Gasteiger partial charge on any atom is -0.391 e. The Labute approximate surface area is 151 Å². The molecule has 3 atom stereocenters. The molecule has 0 spiro atoms. The quantitative estimate of drug-likeness (QED) is 0.571. The van der Waals surface area contributed by atoms with Crippen LogP contribution < -0.4 is 11.1 Å². The van der Waals surface area contributed by atoms with E-state index in [1.807, 2.05) is 44.2 Å². The summed E-state index contributed by atoms with van der Waals surface area (Å²) in [5, 5.41) is 12.8. The van der Waals surface area contributed by atoms with Crippen LogP contribution in [0.5, 0.6) is 0 Å². The maximum atomic E-state index is 12.2. The Morgan fingerprint density at radius 3 is 2.36 bits per heavy atom. The van der Waals surface area contributed by atoms with Gasteiger partial charge in [-0.05, 0) is 30.7 Å². The van der Waals surface area contributed by atoms with Gasteiger partial charge in [0.2, 0.25) is 5.91 Å². The molecule has 0 heterocycles. The number of aliphatic hydroxyl groups is 1. The first kappa shape index (κ1) is 21.3. The molecule has 0 saturated heterocycles. The molecule has 0 aliphatic rings. The molecule has 1 rings (SSSR count). The van der Waals surface area contributed by atoms with Crippen molar-refractivity contribution in [2.24, 2.45) is 17.6 Å². The highest BCUT2D eigenvalue weighted by atomic mass is 16.3. The highest BCUT2D eigenvalue weighted by molar-refractivity contribution is 5.86. The number of carbonyl (C=O) groups excluding carboxylic acids is 2. The molecule has 3 unspecified atom stereocenters. The third-order valence-electron chi connectivity index (χ3n) is 4.39. The van der Waals surface area contributed by atoms with Gasteiger partial charge >= 0.3 is 0 Å². The maximum Gasteiger partial charge on any atom is 0.223 e. The summed E-state index contributed by atoms with van der Waals surface area (Å²) >= 11 is 0. The van der Waals surface area contributed by atoms with E-state index in [1.165, 1.54) is 0 Å². The van der Waals surface area contributed by atoms with Crippen molar-refractivity contribution in [1.82, 2.24) is 5.32 Å². The van der Waals surface area contributed by atoms with E-state index in [0.717, 1.165) is 12.0 Å². The normalized spacial score (nSPS) is 14.8. The predicted octanol–water partition coefficient (Wildman–Crippen LogP) is 2.07. The Morgan fingerprint density at radius 2 is 1.80 bits per heavy atom. The predicted molar refractivity (Wildman–Crippen MR) is 100.0 cm³/mol. The molecule has 5 heteroatoms. The minimum absolute atomic E-state index is 0.00153. The maximum absolute atomic E-state index is 12.2. The van der Waals surface area contributed by atoms with Crippen molar-refractivity contribution in [1.29, 1.82) is 0 Å². The molecule has 25 heavy (non-hydrogen) atoms. The van der Waals surface area contributed by atoms with Crippen LogP contribution in [0.1, 0.15) is 45.1 Å². The Balaban J connectivity index is 2.46. The van der Waals surface area contributed by atoms with Gasteiger partial charge in [-0.25, -0.2) is 0 Å². The fraction of sp³-hybridized carbons (Fsp3) is 0.600. The zero-order valence-electron chi connectivity index (χ0n) is 15.6. The second-order valence-electron chi connectivity index (χ2n) is 7.14. The molecule has 1 aromatic carbocycles. The molecule has 0 fully saturated rings. The largest absolute Gasteiger partial charge is 0.391 e. The molecule has 0 radical (unpaired) electrons. The number of hydrogen-bond acceptors (Lipinski definition) is 4. The fourth-order valence-corrected chi connectivity index (χ4v) is 2.97. The van der Waals surface area contributed by atoms with Crippen LogP contribution in [0, 0.1) is 11.8 Å². The third kappa shape index (κ3) is 8.27. The summed E-state index contributed by atoms with van der Waals surface area (Å²) in [6.45, 7) is 4.05. The van der Waals surface area contributed by atoms with E-state index in [4.69, 9.17) is 5.73 Å². The van der Waals surface area contributed by atoms with Gasteiger partial charge in [0.05, 0.1) is 6.10 Å². The van der Waals surface area contributed by atoms with E-state index < -0.39 is 12.1 Å². The molecule has 0 saturated carbocycles. The molecule has 1 amide bonds. The fourth-order valence-electron chi connectivity index (χ4n) is 2.97. The molecule has 0 aliphatic heterocycles. The average Bonchev–Trinajstić information content (AvgIpc) is 2.58. The third-order valence-corrected chi connectivity index (χ3v) is 4.39. The topological polar surface area (TPSA) is 92.4 Å². The van der Waals surface area contributed by atoms with Gasteiger partial charge < -0.3 is 16.2 Å². The van der Waals surface area contributed by atoms with Gasteiger partial charge in [-0.15, -0.1) is 0 Å². The number of nitrogens with one attached hydrogen (secondary N) is 1. The van der Waals surface area contributed by atoms with Crippen molar-refractivity contribution >= 4 is 11.7 Å². The van der Waals surface area contributed by atoms with Crippen molar-refractivity contribution in [3.05, 3.63) is 35.9 Å². The van der Waals surface area contributed by atoms with E-state index >= 15 is 0 Å². The van der Waals surface area contributed by atoms with Crippen molar-refractivity contribution in [3.8, 4) is 0 Å². The molecular formula is C20H32N2O3. The Hall–Kier alpha value is -1.72. The Kier molecular flexibility index (Phi) is 9.39. The van der Waals surface area contributed by atoms with Crippen LogP contribution in [0.3, 0.4) is 0 Å². The summed E-state index contributed by atoms with van der Waals surface area (Å²) < 4.78 is 0. The lowest BCUT2D eigenvalue weighted by molar-refractivity contribution is -0.130. The first-order chi connectivity index (χ1) is 11.8. The van der Waals surface area contributed by atoms with Gasteiger partial charge in [0.15, 0.2) is 0 Å². The number of hydrogen-bond donors (Lipinski definition) is 3. The van der Waals surface area contributed by atoms with Crippen LogP contribution in [-0.4, -0.2) is 36.0 Å². The van der Waals surface area contributed by atoms with E-state index in [2.05, 4.69) is 5.32 Å². The highest BCUT2D eigenvalue weighted by Gasteiger charge is 2.25. The van der Waals surface area contributed by atoms with Crippen molar-refractivity contribution in [3.63, 3.8) is 0 Å². The number of nitrogens with two attached hydrogens (primary N) is 1. The zero-order valence-corrected chi connectivity index (χ0v) is 15.6. The molecule has 0 bridgehead atoms. The second-order valence-corrected chi connectivity index (χ2v) is 7.14. The van der Waals surface area contributed by atoms with E-state index in [-0.39, 0.29) is 30.4 Å². The van der Waals surface area contributed by atoms with Gasteiger partial charge in [-0.1, -0.05) is 44.2 Å². The van der Waals surface area contributed by atoms with Gasteiger partial charge in [0, 0.05) is 31.8 Å². The summed E-state index contributed by atoms with van der Waals surface area (Å²) in [5.74, 6) is -0.250. The molecule has 5 nitrogen and oxygen atoms in total. The Bertz CT molecular complexity index is 531. The van der Waals surface area contributed by atoms with E-state index in [1.54, 1.807) is 7.05 Å². The standard InChI is InChI=1S/C20H32N2O3/c1-14(2)11-16(20(25)22-3)12-17(23)13-19(24)18(21)10-9-15-7-5-4-6-8-15/h4-8,14,16,18-19,24H,9-13,21H2,1-3H3,(H,22,25). The van der Waals surface area contributed by atoms with Crippen LogP contribution in [-0.2, 0) is 16.0 Å². The number of rotatable bonds is 11. The van der Waals surface area contributed by atoms with Crippen LogP contribution in [0.4, 0.5) is 0 Å². The molecule has 4 N–H and O–H groups in total. The molecular weight excluding hydrogens is 316 g/mol. The van der Waals surface area contributed by atoms with Crippen LogP contribution >= 0.6 is 0 Å². The van der Waals surface area contributed by atoms with Crippen molar-refractivity contribution in [2.75, 3.05) is 7.05 Å². The summed E-state index contributed by atoms with van der Waals surface area (Å²) in [5.41, 5.74) is 7.19. The molecule has 0 aliphatic carbocycles. The smallest absolute Gasteiger partial charge is 0.223 e. The second kappa shape index (κ2) is 11.0. The summed E-state index contributed by atoms with van der Waals surface area (Å²) in [4.78, 5) is 24.2. The number of Topliss-reactive ketones (excluding diaryl/α,β-unsaturated/α-hetero) is 1. The van der Waals surface area contributed by atoms with Gasteiger partial charge in [0.1, 0.15) is 5.78 Å². The van der Waals surface area contributed by atoms with Gasteiger partial charge in [-0.2, -0.15) is 0 Å². The van der Waals surface area contributed by atoms with Crippen LogP contribution in [0.2, 0.25) is 0 Å². The van der Waals surface area contributed by atoms with Crippen molar-refractivity contribution < 1.29 is 14.7 Å². The highest BCUT2D eigenvalue weighted by Crippen LogP contribution is 2.18. The van der Waals surface area contributed by atoms with Gasteiger partial charge in [0.25, 0.3) is 0 Å². The number of benzene rings is 1. The monoisotopic (exact) mass is 348 g/mol. The number of amides is 1. The SMILES string of the molecule is CNC(=O)C(CC(=O)CC(O)C(N)CCc1ccccc1)CC(C)C. The number of aryl methyl sites for hydroxylation is 1. The first-order valence-electron chi connectivity index (χ1n) is 9.04. The summed E-state index contributed by atoms with van der Waals surface area (Å²) in [6, 6.07) is 9.47. The molecule has 1 aromatic rings. The van der Waals surface area contributed by atoms with Gasteiger partial charge in [-0.3, -0.25) is 9.59 Å². The minimum atomic E-state index is -0.874. The number of aliphatic hydroxyl groups excluding tert-OH is 1. The first-order valence-corrected chi connectivity index (χ1v) is 9.04. The lowest BCUT2D eigenvalue weighted by Crippen LogP contribution is -2.37.